The maximum atomic E-state index is 6.45. The summed E-state index contributed by atoms with van der Waals surface area (Å²) in [5.41, 5.74) is 10.8. The maximum absolute atomic E-state index is 6.45. The number of nitrogens with one attached hydrogen (secondary N) is 1. The standard InChI is InChI=1S/C14H22N2/c1-3-16-10-14(15)8-7-13-11(2)5-4-6-12(13)9-14/h4-6,16H,3,7-10,15H2,1-2H3. The summed E-state index contributed by atoms with van der Waals surface area (Å²) in [5.74, 6) is 0. The Labute approximate surface area is 98.2 Å². The van der Waals surface area contributed by atoms with Crippen LogP contribution in [0.4, 0.5) is 0 Å². The number of fused-ring (bicyclic) bond motifs is 1. The fraction of sp³-hybridized carbons (Fsp3) is 0.571. The van der Waals surface area contributed by atoms with E-state index < -0.39 is 0 Å². The molecule has 1 aromatic carbocycles. The molecule has 0 aromatic heterocycles. The highest BCUT2D eigenvalue weighted by atomic mass is 14.9. The molecule has 16 heavy (non-hydrogen) atoms. The van der Waals surface area contributed by atoms with Crippen LogP contribution in [0.5, 0.6) is 0 Å². The van der Waals surface area contributed by atoms with Crippen molar-refractivity contribution < 1.29 is 0 Å². The van der Waals surface area contributed by atoms with Crippen molar-refractivity contribution in [1.82, 2.24) is 5.32 Å². The molecule has 0 radical (unpaired) electrons. The van der Waals surface area contributed by atoms with Gasteiger partial charge in [0.05, 0.1) is 0 Å². The Morgan fingerprint density at radius 2 is 2.25 bits per heavy atom. The van der Waals surface area contributed by atoms with Crippen LogP contribution in [-0.2, 0) is 12.8 Å². The van der Waals surface area contributed by atoms with Gasteiger partial charge >= 0.3 is 0 Å². The van der Waals surface area contributed by atoms with Gasteiger partial charge in [-0.1, -0.05) is 25.1 Å². The maximum Gasteiger partial charge on any atom is 0.0324 e. The smallest absolute Gasteiger partial charge is 0.0324 e. The fourth-order valence-electron chi connectivity index (χ4n) is 2.65. The molecule has 0 fully saturated rings. The zero-order valence-electron chi connectivity index (χ0n) is 10.3. The molecule has 1 atom stereocenters. The van der Waals surface area contributed by atoms with Gasteiger partial charge in [0, 0.05) is 12.1 Å². The van der Waals surface area contributed by atoms with Crippen molar-refractivity contribution in [2.45, 2.75) is 38.6 Å². The summed E-state index contributed by atoms with van der Waals surface area (Å²) in [6.45, 7) is 6.26. The van der Waals surface area contributed by atoms with E-state index in [2.05, 4.69) is 37.4 Å². The zero-order chi connectivity index (χ0) is 11.6. The van der Waals surface area contributed by atoms with Gasteiger partial charge in [0.25, 0.3) is 0 Å². The van der Waals surface area contributed by atoms with Crippen LogP contribution in [0.3, 0.4) is 0 Å². The summed E-state index contributed by atoms with van der Waals surface area (Å²) < 4.78 is 0. The second-order valence-corrected chi connectivity index (χ2v) is 5.03. The van der Waals surface area contributed by atoms with E-state index >= 15 is 0 Å². The molecule has 1 unspecified atom stereocenters. The van der Waals surface area contributed by atoms with E-state index in [9.17, 15) is 0 Å². The number of nitrogens with two attached hydrogens (primary N) is 1. The van der Waals surface area contributed by atoms with Crippen molar-refractivity contribution in [3.8, 4) is 0 Å². The SMILES string of the molecule is CCNCC1(N)CCc2c(C)cccc2C1. The van der Waals surface area contributed by atoms with Gasteiger partial charge in [-0.05, 0) is 49.4 Å². The normalized spacial score (nSPS) is 24.2. The molecule has 1 aliphatic carbocycles. The predicted molar refractivity (Wildman–Crippen MR) is 68.7 cm³/mol. The van der Waals surface area contributed by atoms with E-state index in [1.54, 1.807) is 0 Å². The van der Waals surface area contributed by atoms with Crippen LogP contribution >= 0.6 is 0 Å². The van der Waals surface area contributed by atoms with Gasteiger partial charge in [0.2, 0.25) is 0 Å². The largest absolute Gasteiger partial charge is 0.324 e. The Kier molecular flexibility index (Phi) is 3.31. The third kappa shape index (κ3) is 2.28. The highest BCUT2D eigenvalue weighted by molar-refractivity contribution is 5.38. The first kappa shape index (κ1) is 11.6. The lowest BCUT2D eigenvalue weighted by Gasteiger charge is -2.35. The zero-order valence-corrected chi connectivity index (χ0v) is 10.3. The topological polar surface area (TPSA) is 38.0 Å². The van der Waals surface area contributed by atoms with Crippen LogP contribution in [0.1, 0.15) is 30.0 Å². The van der Waals surface area contributed by atoms with Gasteiger partial charge < -0.3 is 11.1 Å². The van der Waals surface area contributed by atoms with Crippen molar-refractivity contribution in [2.75, 3.05) is 13.1 Å². The second-order valence-electron chi connectivity index (χ2n) is 5.03. The first-order valence-electron chi connectivity index (χ1n) is 6.21. The fourth-order valence-corrected chi connectivity index (χ4v) is 2.65. The first-order chi connectivity index (χ1) is 7.64. The molecule has 0 saturated heterocycles. The summed E-state index contributed by atoms with van der Waals surface area (Å²) in [4.78, 5) is 0. The molecule has 0 aliphatic heterocycles. The minimum absolute atomic E-state index is 0.0448. The third-order valence-corrected chi connectivity index (χ3v) is 3.65. The molecule has 0 bridgehead atoms. The van der Waals surface area contributed by atoms with Crippen LogP contribution in [-0.4, -0.2) is 18.6 Å². The Morgan fingerprint density at radius 3 is 3.00 bits per heavy atom. The van der Waals surface area contributed by atoms with Crippen LogP contribution in [0, 0.1) is 6.92 Å². The molecule has 0 saturated carbocycles. The number of aryl methyl sites for hydroxylation is 1. The van der Waals surface area contributed by atoms with Crippen LogP contribution in [0.2, 0.25) is 0 Å². The van der Waals surface area contributed by atoms with Crippen molar-refractivity contribution in [3.05, 3.63) is 34.9 Å². The molecule has 1 aromatic rings. The molecule has 88 valence electrons. The predicted octanol–water partition coefficient (Wildman–Crippen LogP) is 1.79. The van der Waals surface area contributed by atoms with E-state index in [0.717, 1.165) is 32.4 Å². The number of hydrogen-bond donors (Lipinski definition) is 2. The van der Waals surface area contributed by atoms with E-state index in [4.69, 9.17) is 5.73 Å². The molecule has 1 aliphatic rings. The minimum Gasteiger partial charge on any atom is -0.324 e. The molecule has 2 nitrogen and oxygen atoms in total. The summed E-state index contributed by atoms with van der Waals surface area (Å²) in [5, 5.41) is 3.38. The average molecular weight is 218 g/mol. The van der Waals surface area contributed by atoms with Crippen molar-refractivity contribution in [3.63, 3.8) is 0 Å². The van der Waals surface area contributed by atoms with Crippen molar-refractivity contribution >= 4 is 0 Å². The highest BCUT2D eigenvalue weighted by Crippen LogP contribution is 2.28. The lowest BCUT2D eigenvalue weighted by Crippen LogP contribution is -2.52. The van der Waals surface area contributed by atoms with Gasteiger partial charge in [0.15, 0.2) is 0 Å². The van der Waals surface area contributed by atoms with Crippen LogP contribution in [0.15, 0.2) is 18.2 Å². The van der Waals surface area contributed by atoms with Gasteiger partial charge in [-0.3, -0.25) is 0 Å². The van der Waals surface area contributed by atoms with Crippen molar-refractivity contribution in [1.29, 1.82) is 0 Å². The number of likely N-dealkylation sites (N-methyl/N-ethyl adjacent to an activating group) is 1. The lowest BCUT2D eigenvalue weighted by molar-refractivity contribution is 0.352. The van der Waals surface area contributed by atoms with E-state index in [1.165, 1.54) is 16.7 Å². The molecule has 0 amide bonds. The van der Waals surface area contributed by atoms with Crippen molar-refractivity contribution in [2.24, 2.45) is 5.73 Å². The molecule has 2 rings (SSSR count). The summed E-state index contributed by atoms with van der Waals surface area (Å²) in [6, 6.07) is 6.58. The Bertz CT molecular complexity index is 373. The number of rotatable bonds is 3. The number of benzene rings is 1. The molecule has 0 spiro atoms. The van der Waals surface area contributed by atoms with Gasteiger partial charge in [-0.25, -0.2) is 0 Å². The van der Waals surface area contributed by atoms with E-state index in [-0.39, 0.29) is 5.54 Å². The summed E-state index contributed by atoms with van der Waals surface area (Å²) in [6.07, 6.45) is 3.23. The Morgan fingerprint density at radius 1 is 1.44 bits per heavy atom. The Balaban J connectivity index is 2.17. The van der Waals surface area contributed by atoms with Gasteiger partial charge in [-0.2, -0.15) is 0 Å². The number of hydrogen-bond acceptors (Lipinski definition) is 2. The van der Waals surface area contributed by atoms with Crippen LogP contribution in [0.25, 0.3) is 0 Å². The summed E-state index contributed by atoms with van der Waals surface area (Å²) >= 11 is 0. The van der Waals surface area contributed by atoms with Gasteiger partial charge in [-0.15, -0.1) is 0 Å². The molecule has 0 heterocycles. The van der Waals surface area contributed by atoms with E-state index in [1.807, 2.05) is 0 Å². The molecular formula is C14H22N2. The average Bonchev–Trinajstić information content (AvgIpc) is 2.26. The summed E-state index contributed by atoms with van der Waals surface area (Å²) in [7, 11) is 0. The Hall–Kier alpha value is -0.860. The lowest BCUT2D eigenvalue weighted by atomic mass is 9.77. The monoisotopic (exact) mass is 218 g/mol. The van der Waals surface area contributed by atoms with Gasteiger partial charge in [0.1, 0.15) is 0 Å². The minimum atomic E-state index is -0.0448. The third-order valence-electron chi connectivity index (χ3n) is 3.65. The molecular weight excluding hydrogens is 196 g/mol. The molecule has 3 N–H and O–H groups in total. The van der Waals surface area contributed by atoms with E-state index in [0.29, 0.717) is 0 Å². The van der Waals surface area contributed by atoms with Crippen LogP contribution < -0.4 is 11.1 Å². The quantitative estimate of drug-likeness (QED) is 0.812. The second kappa shape index (κ2) is 4.56. The molecule has 2 heteroatoms. The first-order valence-corrected chi connectivity index (χ1v) is 6.21. The highest BCUT2D eigenvalue weighted by Gasteiger charge is 2.30.